The largest absolute Gasteiger partial charge is 0.463 e. The Labute approximate surface area is 228 Å². The summed E-state index contributed by atoms with van der Waals surface area (Å²) in [4.78, 5) is 50.7. The summed E-state index contributed by atoms with van der Waals surface area (Å²) < 4.78 is 10.4. The summed E-state index contributed by atoms with van der Waals surface area (Å²) >= 11 is 0. The van der Waals surface area contributed by atoms with Crippen molar-refractivity contribution in [2.75, 3.05) is 38.3 Å². The summed E-state index contributed by atoms with van der Waals surface area (Å²) in [6.45, 7) is 7.34. The van der Waals surface area contributed by atoms with Gasteiger partial charge in [0, 0.05) is 25.1 Å². The van der Waals surface area contributed by atoms with E-state index in [9.17, 15) is 19.2 Å². The van der Waals surface area contributed by atoms with Gasteiger partial charge in [0.2, 0.25) is 11.8 Å². The smallest absolute Gasteiger partial charge is 0.306 e. The molecule has 10 nitrogen and oxygen atoms in total. The molecule has 4 N–H and O–H groups in total. The van der Waals surface area contributed by atoms with Gasteiger partial charge in [-0.3, -0.25) is 19.2 Å². The molecule has 0 aliphatic carbocycles. The zero-order valence-corrected chi connectivity index (χ0v) is 22.0. The Bertz CT molecular complexity index is 1130. The lowest BCUT2D eigenvalue weighted by molar-refractivity contribution is -0.146. The number of esters is 1. The fraction of sp³-hybridized carbons (Fsp3) is 0.379. The standard InChI is InChI=1S/C29H37N3O7/c1-3-5-11-27(35)39-20-25(29(37)31-24-13-12-21-9-6-7-10-22(21)18-24)32-28(36)23(8-4-2)19-26(34)30-14-16-38-17-15-33/h3-4,6-7,9-10,12-13,18,23,25,33H,1-2,5,8,11,14-17,19-20H2,(H,30,34)(H,31,37)(H,32,36). The number of aliphatic hydroxyl groups excluding tert-OH is 1. The van der Waals surface area contributed by atoms with Gasteiger partial charge in [-0.15, -0.1) is 13.2 Å². The highest BCUT2D eigenvalue weighted by Crippen LogP contribution is 2.19. The summed E-state index contributed by atoms with van der Waals surface area (Å²) in [5, 5.41) is 18.7. The van der Waals surface area contributed by atoms with Gasteiger partial charge in [-0.1, -0.05) is 42.5 Å². The number of anilines is 1. The van der Waals surface area contributed by atoms with Crippen LogP contribution in [0.15, 0.2) is 67.8 Å². The van der Waals surface area contributed by atoms with E-state index in [1.165, 1.54) is 6.08 Å². The Morgan fingerprint density at radius 2 is 1.74 bits per heavy atom. The normalized spacial score (nSPS) is 12.1. The summed E-state index contributed by atoms with van der Waals surface area (Å²) in [6, 6.07) is 11.9. The lowest BCUT2D eigenvalue weighted by atomic mass is 9.99. The van der Waals surface area contributed by atoms with E-state index in [1.54, 1.807) is 18.2 Å². The third kappa shape index (κ3) is 11.5. The molecule has 2 unspecified atom stereocenters. The highest BCUT2D eigenvalue weighted by Gasteiger charge is 2.28. The quantitative estimate of drug-likeness (QED) is 0.129. The first-order valence-corrected chi connectivity index (χ1v) is 12.8. The molecule has 2 aromatic carbocycles. The Morgan fingerprint density at radius 1 is 0.974 bits per heavy atom. The second-order valence-electron chi connectivity index (χ2n) is 8.73. The van der Waals surface area contributed by atoms with Crippen LogP contribution < -0.4 is 16.0 Å². The van der Waals surface area contributed by atoms with Gasteiger partial charge < -0.3 is 30.5 Å². The van der Waals surface area contributed by atoms with Crippen molar-refractivity contribution in [3.8, 4) is 0 Å². The molecule has 0 bridgehead atoms. The van der Waals surface area contributed by atoms with Crippen LogP contribution in [0.1, 0.15) is 25.7 Å². The van der Waals surface area contributed by atoms with E-state index in [0.29, 0.717) is 12.1 Å². The van der Waals surface area contributed by atoms with Crippen molar-refractivity contribution >= 4 is 40.2 Å². The van der Waals surface area contributed by atoms with Crippen LogP contribution in [-0.4, -0.2) is 67.8 Å². The molecule has 39 heavy (non-hydrogen) atoms. The monoisotopic (exact) mass is 539 g/mol. The lowest BCUT2D eigenvalue weighted by Crippen LogP contribution is -2.49. The number of hydrogen-bond acceptors (Lipinski definition) is 7. The molecule has 0 aliphatic rings. The van der Waals surface area contributed by atoms with Gasteiger partial charge in [0.1, 0.15) is 12.6 Å². The third-order valence-electron chi connectivity index (χ3n) is 5.67. The van der Waals surface area contributed by atoms with Gasteiger partial charge in [-0.2, -0.15) is 0 Å². The minimum absolute atomic E-state index is 0.0950. The van der Waals surface area contributed by atoms with Crippen molar-refractivity contribution in [1.29, 1.82) is 0 Å². The van der Waals surface area contributed by atoms with Gasteiger partial charge >= 0.3 is 5.97 Å². The zero-order chi connectivity index (χ0) is 28.5. The summed E-state index contributed by atoms with van der Waals surface area (Å²) in [6.07, 6.45) is 3.66. The Balaban J connectivity index is 2.08. The maximum atomic E-state index is 13.2. The van der Waals surface area contributed by atoms with Crippen LogP contribution in [0, 0.1) is 5.92 Å². The van der Waals surface area contributed by atoms with Crippen molar-refractivity contribution in [1.82, 2.24) is 10.6 Å². The minimum atomic E-state index is -1.20. The van der Waals surface area contributed by atoms with E-state index in [0.717, 1.165) is 10.8 Å². The highest BCUT2D eigenvalue weighted by atomic mass is 16.5. The number of amides is 3. The van der Waals surface area contributed by atoms with Gasteiger partial charge in [-0.25, -0.2) is 0 Å². The molecular weight excluding hydrogens is 502 g/mol. The number of carbonyl (C=O) groups is 4. The molecule has 2 atom stereocenters. The summed E-state index contributed by atoms with van der Waals surface area (Å²) in [7, 11) is 0. The maximum absolute atomic E-state index is 13.2. The molecule has 0 heterocycles. The predicted molar refractivity (Wildman–Crippen MR) is 149 cm³/mol. The first-order chi connectivity index (χ1) is 18.9. The van der Waals surface area contributed by atoms with Gasteiger partial charge in [0.15, 0.2) is 0 Å². The van der Waals surface area contributed by atoms with E-state index in [2.05, 4.69) is 29.1 Å². The van der Waals surface area contributed by atoms with Crippen LogP contribution in [0.2, 0.25) is 0 Å². The van der Waals surface area contributed by atoms with E-state index >= 15 is 0 Å². The predicted octanol–water partition coefficient (Wildman–Crippen LogP) is 2.48. The summed E-state index contributed by atoms with van der Waals surface area (Å²) in [5.41, 5.74) is 0.515. The molecule has 0 spiro atoms. The SMILES string of the molecule is C=CCCC(=O)OCC(NC(=O)C(CC=C)CC(=O)NCCOCCO)C(=O)Nc1ccc2ccccc2c1. The van der Waals surface area contributed by atoms with Crippen molar-refractivity contribution in [3.63, 3.8) is 0 Å². The number of allylic oxidation sites excluding steroid dienone is 2. The molecule has 0 saturated heterocycles. The first-order valence-electron chi connectivity index (χ1n) is 12.8. The average molecular weight is 540 g/mol. The molecule has 10 heteroatoms. The fourth-order valence-corrected chi connectivity index (χ4v) is 3.65. The molecule has 210 valence electrons. The fourth-order valence-electron chi connectivity index (χ4n) is 3.65. The molecule has 0 aliphatic heterocycles. The van der Waals surface area contributed by atoms with E-state index in [4.69, 9.17) is 14.6 Å². The van der Waals surface area contributed by atoms with E-state index < -0.39 is 29.7 Å². The molecular formula is C29H37N3O7. The number of hydrogen-bond donors (Lipinski definition) is 4. The van der Waals surface area contributed by atoms with Crippen molar-refractivity contribution < 1.29 is 33.8 Å². The Hall–Kier alpha value is -4.02. The third-order valence-corrected chi connectivity index (χ3v) is 5.67. The van der Waals surface area contributed by atoms with Crippen LogP contribution in [0.25, 0.3) is 10.8 Å². The van der Waals surface area contributed by atoms with Crippen LogP contribution in [0.4, 0.5) is 5.69 Å². The second kappa shape index (κ2) is 17.5. The van der Waals surface area contributed by atoms with E-state index in [-0.39, 0.29) is 58.1 Å². The Kier molecular flexibility index (Phi) is 14.0. The zero-order valence-electron chi connectivity index (χ0n) is 22.0. The number of ether oxygens (including phenoxy) is 2. The second-order valence-corrected chi connectivity index (χ2v) is 8.73. The summed E-state index contributed by atoms with van der Waals surface area (Å²) in [5.74, 6) is -2.83. The number of benzene rings is 2. The van der Waals surface area contributed by atoms with Crippen LogP contribution in [0.3, 0.4) is 0 Å². The number of carbonyl (C=O) groups excluding carboxylic acids is 4. The Morgan fingerprint density at radius 3 is 2.46 bits per heavy atom. The van der Waals surface area contributed by atoms with Crippen LogP contribution >= 0.6 is 0 Å². The maximum Gasteiger partial charge on any atom is 0.306 e. The average Bonchev–Trinajstić information content (AvgIpc) is 2.93. The number of aliphatic hydroxyl groups is 1. The first kappa shape index (κ1) is 31.2. The molecule has 0 saturated carbocycles. The molecule has 0 fully saturated rings. The minimum Gasteiger partial charge on any atom is -0.463 e. The van der Waals surface area contributed by atoms with Crippen molar-refractivity contribution in [2.45, 2.75) is 31.7 Å². The molecule has 0 radical (unpaired) electrons. The van der Waals surface area contributed by atoms with Gasteiger partial charge in [-0.05, 0) is 35.7 Å². The van der Waals surface area contributed by atoms with Crippen LogP contribution in [0.5, 0.6) is 0 Å². The topological polar surface area (TPSA) is 143 Å². The number of nitrogens with one attached hydrogen (secondary N) is 3. The van der Waals surface area contributed by atoms with Gasteiger partial charge in [0.25, 0.3) is 5.91 Å². The lowest BCUT2D eigenvalue weighted by Gasteiger charge is -2.22. The molecule has 2 aromatic rings. The van der Waals surface area contributed by atoms with Gasteiger partial charge in [0.05, 0.1) is 25.7 Å². The van der Waals surface area contributed by atoms with Crippen molar-refractivity contribution in [2.24, 2.45) is 5.92 Å². The number of fused-ring (bicyclic) bond motifs is 1. The number of rotatable bonds is 18. The molecule has 0 aromatic heterocycles. The molecule has 2 rings (SSSR count). The van der Waals surface area contributed by atoms with Crippen molar-refractivity contribution in [3.05, 3.63) is 67.8 Å². The van der Waals surface area contributed by atoms with E-state index in [1.807, 2.05) is 30.3 Å². The highest BCUT2D eigenvalue weighted by molar-refractivity contribution is 5.99. The van der Waals surface area contributed by atoms with Crippen LogP contribution in [-0.2, 0) is 28.7 Å². The molecule has 3 amide bonds.